The first-order valence-corrected chi connectivity index (χ1v) is 9.45. The highest BCUT2D eigenvalue weighted by atomic mass is 16.2. The van der Waals surface area contributed by atoms with Crippen LogP contribution in [0.1, 0.15) is 48.2 Å². The first kappa shape index (κ1) is 17.4. The van der Waals surface area contributed by atoms with Crippen LogP contribution in [0, 0.1) is 6.92 Å². The molecule has 1 amide bonds. The minimum atomic E-state index is -0.104. The van der Waals surface area contributed by atoms with Crippen LogP contribution in [0.3, 0.4) is 0 Å². The van der Waals surface area contributed by atoms with Crippen LogP contribution in [0.4, 0.5) is 5.82 Å². The molecule has 138 valence electrons. The van der Waals surface area contributed by atoms with Gasteiger partial charge in [0.05, 0.1) is 5.69 Å². The Morgan fingerprint density at radius 2 is 1.96 bits per heavy atom. The molecule has 1 saturated carbocycles. The van der Waals surface area contributed by atoms with Crippen molar-refractivity contribution in [3.05, 3.63) is 66.4 Å². The molecule has 0 aliphatic heterocycles. The molecule has 6 nitrogen and oxygen atoms in total. The van der Waals surface area contributed by atoms with Gasteiger partial charge in [0.1, 0.15) is 11.5 Å². The Bertz CT molecular complexity index is 899. The lowest BCUT2D eigenvalue weighted by Gasteiger charge is -2.33. The van der Waals surface area contributed by atoms with Gasteiger partial charge in [-0.05, 0) is 49.6 Å². The molecule has 0 bridgehead atoms. The number of hydrogen-bond donors (Lipinski definition) is 0. The fraction of sp³-hybridized carbons (Fsp3) is 0.333. The Kier molecular flexibility index (Phi) is 4.96. The van der Waals surface area contributed by atoms with E-state index in [1.807, 2.05) is 48.5 Å². The first-order chi connectivity index (χ1) is 13.2. The molecule has 27 heavy (non-hydrogen) atoms. The molecule has 1 fully saturated rings. The summed E-state index contributed by atoms with van der Waals surface area (Å²) < 4.78 is 1.73. The number of aromatic nitrogens is 4. The summed E-state index contributed by atoms with van der Waals surface area (Å²) in [6.45, 7) is 2.00. The van der Waals surface area contributed by atoms with Crippen molar-refractivity contribution in [2.75, 3.05) is 4.90 Å². The highest BCUT2D eigenvalue weighted by Gasteiger charge is 2.29. The Morgan fingerprint density at radius 3 is 2.67 bits per heavy atom. The van der Waals surface area contributed by atoms with E-state index in [1.54, 1.807) is 23.1 Å². The summed E-state index contributed by atoms with van der Waals surface area (Å²) in [7, 11) is 0. The van der Waals surface area contributed by atoms with E-state index in [9.17, 15) is 4.79 Å². The van der Waals surface area contributed by atoms with Gasteiger partial charge in [0.2, 0.25) is 0 Å². The smallest absolute Gasteiger partial charge is 0.278 e. The summed E-state index contributed by atoms with van der Waals surface area (Å²) in [5, 5.41) is 4.24. The van der Waals surface area contributed by atoms with Crippen molar-refractivity contribution in [3.63, 3.8) is 0 Å². The predicted molar refractivity (Wildman–Crippen MR) is 104 cm³/mol. The second-order valence-corrected chi connectivity index (χ2v) is 7.01. The van der Waals surface area contributed by atoms with Crippen LogP contribution in [-0.2, 0) is 0 Å². The van der Waals surface area contributed by atoms with Gasteiger partial charge >= 0.3 is 0 Å². The van der Waals surface area contributed by atoms with Crippen LogP contribution in [0.25, 0.3) is 5.69 Å². The van der Waals surface area contributed by atoms with Crippen molar-refractivity contribution in [1.82, 2.24) is 19.7 Å². The number of carbonyl (C=O) groups is 1. The minimum absolute atomic E-state index is 0.104. The lowest BCUT2D eigenvalue weighted by molar-refractivity contribution is 0.0964. The third kappa shape index (κ3) is 3.74. The highest BCUT2D eigenvalue weighted by molar-refractivity contribution is 6.05. The van der Waals surface area contributed by atoms with Crippen LogP contribution in [0.15, 0.2) is 55.1 Å². The minimum Gasteiger partial charge on any atom is -0.288 e. The molecule has 0 N–H and O–H groups in total. The quantitative estimate of drug-likeness (QED) is 0.706. The number of pyridine rings is 2. The summed E-state index contributed by atoms with van der Waals surface area (Å²) in [5.74, 6) is 0.594. The number of amides is 1. The Hall–Kier alpha value is -3.02. The Balaban J connectivity index is 1.70. The van der Waals surface area contributed by atoms with Gasteiger partial charge < -0.3 is 0 Å². The van der Waals surface area contributed by atoms with Gasteiger partial charge in [0.25, 0.3) is 5.91 Å². The zero-order chi connectivity index (χ0) is 18.6. The van der Waals surface area contributed by atoms with Crippen molar-refractivity contribution < 1.29 is 4.79 Å². The van der Waals surface area contributed by atoms with E-state index in [-0.39, 0.29) is 11.9 Å². The van der Waals surface area contributed by atoms with E-state index in [1.165, 1.54) is 6.42 Å². The van der Waals surface area contributed by atoms with Crippen LogP contribution in [0.5, 0.6) is 0 Å². The third-order valence-corrected chi connectivity index (χ3v) is 5.03. The monoisotopic (exact) mass is 361 g/mol. The molecule has 0 aromatic carbocycles. The summed E-state index contributed by atoms with van der Waals surface area (Å²) in [4.78, 5) is 24.2. The standard InChI is InChI=1S/C21H23N5O/c1-16-8-9-20(23-15-16)26(17-6-3-2-4-7-17)21(27)19-14-18(10-12-22-19)25-13-5-11-24-25/h5,8-15,17H,2-4,6-7H2,1H3. The number of anilines is 1. The zero-order valence-electron chi connectivity index (χ0n) is 15.5. The lowest BCUT2D eigenvalue weighted by Crippen LogP contribution is -2.42. The van der Waals surface area contributed by atoms with Gasteiger partial charge in [-0.1, -0.05) is 25.3 Å². The van der Waals surface area contributed by atoms with E-state index >= 15 is 0 Å². The number of aryl methyl sites for hydroxylation is 1. The molecule has 6 heteroatoms. The van der Waals surface area contributed by atoms with E-state index in [0.717, 1.165) is 36.9 Å². The van der Waals surface area contributed by atoms with Crippen LogP contribution < -0.4 is 4.90 Å². The van der Waals surface area contributed by atoms with Crippen molar-refractivity contribution in [2.45, 2.75) is 45.1 Å². The summed E-state index contributed by atoms with van der Waals surface area (Å²) in [5.41, 5.74) is 2.31. The highest BCUT2D eigenvalue weighted by Crippen LogP contribution is 2.28. The molecular weight excluding hydrogens is 338 g/mol. The van der Waals surface area contributed by atoms with Crippen molar-refractivity contribution in [3.8, 4) is 5.69 Å². The summed E-state index contributed by atoms with van der Waals surface area (Å²) in [6, 6.07) is 9.58. The molecule has 3 heterocycles. The third-order valence-electron chi connectivity index (χ3n) is 5.03. The molecule has 0 radical (unpaired) electrons. The molecule has 0 spiro atoms. The van der Waals surface area contributed by atoms with Gasteiger partial charge in [-0.2, -0.15) is 5.10 Å². The van der Waals surface area contributed by atoms with Crippen molar-refractivity contribution in [1.29, 1.82) is 0 Å². The maximum absolute atomic E-state index is 13.4. The largest absolute Gasteiger partial charge is 0.288 e. The van der Waals surface area contributed by atoms with Gasteiger partial charge in [-0.3, -0.25) is 14.7 Å². The van der Waals surface area contributed by atoms with E-state index in [0.29, 0.717) is 11.5 Å². The second kappa shape index (κ2) is 7.70. The van der Waals surface area contributed by atoms with Crippen LogP contribution >= 0.6 is 0 Å². The predicted octanol–water partition coefficient (Wildman–Crippen LogP) is 3.95. The molecule has 1 aliphatic carbocycles. The fourth-order valence-corrected chi connectivity index (χ4v) is 3.62. The molecular formula is C21H23N5O. The molecule has 0 atom stereocenters. The number of rotatable bonds is 4. The SMILES string of the molecule is Cc1ccc(N(C(=O)c2cc(-n3cccn3)ccn2)C2CCCCC2)nc1. The van der Waals surface area contributed by atoms with Crippen LogP contribution in [-0.4, -0.2) is 31.7 Å². The molecule has 1 aliphatic rings. The summed E-state index contributed by atoms with van der Waals surface area (Å²) >= 11 is 0. The van der Waals surface area contributed by atoms with Gasteiger partial charge in [0.15, 0.2) is 0 Å². The molecule has 3 aromatic rings. The normalized spacial score (nSPS) is 14.9. The van der Waals surface area contributed by atoms with Gasteiger partial charge in [0, 0.05) is 30.8 Å². The van der Waals surface area contributed by atoms with Gasteiger partial charge in [-0.25, -0.2) is 9.67 Å². The first-order valence-electron chi connectivity index (χ1n) is 9.45. The Morgan fingerprint density at radius 1 is 1.11 bits per heavy atom. The zero-order valence-corrected chi connectivity index (χ0v) is 15.5. The maximum Gasteiger partial charge on any atom is 0.278 e. The fourth-order valence-electron chi connectivity index (χ4n) is 3.62. The van der Waals surface area contributed by atoms with Crippen molar-refractivity contribution >= 4 is 11.7 Å². The van der Waals surface area contributed by atoms with E-state index in [2.05, 4.69) is 15.1 Å². The van der Waals surface area contributed by atoms with E-state index in [4.69, 9.17) is 0 Å². The number of nitrogens with zero attached hydrogens (tertiary/aromatic N) is 5. The molecule has 3 aromatic heterocycles. The lowest BCUT2D eigenvalue weighted by atomic mass is 9.94. The number of carbonyl (C=O) groups excluding carboxylic acids is 1. The van der Waals surface area contributed by atoms with Crippen LogP contribution in [0.2, 0.25) is 0 Å². The topological polar surface area (TPSA) is 63.9 Å². The Labute approximate surface area is 158 Å². The number of hydrogen-bond acceptors (Lipinski definition) is 4. The second-order valence-electron chi connectivity index (χ2n) is 7.01. The molecule has 0 unspecified atom stereocenters. The average Bonchev–Trinajstić information content (AvgIpc) is 3.25. The van der Waals surface area contributed by atoms with Gasteiger partial charge in [-0.15, -0.1) is 0 Å². The van der Waals surface area contributed by atoms with E-state index < -0.39 is 0 Å². The maximum atomic E-state index is 13.4. The average molecular weight is 361 g/mol. The molecule has 0 saturated heterocycles. The molecule has 4 rings (SSSR count). The summed E-state index contributed by atoms with van der Waals surface area (Å²) in [6.07, 6.45) is 12.5. The van der Waals surface area contributed by atoms with Crippen molar-refractivity contribution in [2.24, 2.45) is 0 Å².